The minimum atomic E-state index is 0.0304. The highest BCUT2D eigenvalue weighted by Gasteiger charge is 2.10. The van der Waals surface area contributed by atoms with E-state index < -0.39 is 0 Å². The maximum Gasteiger partial charge on any atom is 0.227 e. The summed E-state index contributed by atoms with van der Waals surface area (Å²) in [7, 11) is 0. The van der Waals surface area contributed by atoms with Crippen molar-refractivity contribution in [1.29, 1.82) is 0 Å². The second-order valence-electron chi connectivity index (χ2n) is 5.36. The Balaban J connectivity index is 1.83. The number of oxazole rings is 1. The average molecular weight is 373 g/mol. The summed E-state index contributed by atoms with van der Waals surface area (Å²) in [5.41, 5.74) is 3.10. The van der Waals surface area contributed by atoms with E-state index in [9.17, 15) is 4.79 Å². The number of unbranched alkanes of at least 4 members (excludes halogenated alkanes) is 1. The summed E-state index contributed by atoms with van der Waals surface area (Å²) in [4.78, 5) is 16.3. The fourth-order valence-electron chi connectivity index (χ4n) is 2.28. The number of halogens is 1. The average Bonchev–Trinajstić information content (AvgIpc) is 2.96. The maximum absolute atomic E-state index is 11.8. The van der Waals surface area contributed by atoms with E-state index >= 15 is 0 Å². The lowest BCUT2D eigenvalue weighted by Gasteiger charge is -2.03. The molecule has 3 rings (SSSR count). The van der Waals surface area contributed by atoms with E-state index in [0.29, 0.717) is 17.9 Å². The number of rotatable bonds is 5. The van der Waals surface area contributed by atoms with Crippen molar-refractivity contribution in [1.82, 2.24) is 4.98 Å². The lowest BCUT2D eigenvalue weighted by molar-refractivity contribution is -0.116. The highest BCUT2D eigenvalue weighted by Crippen LogP contribution is 2.27. The normalized spacial score (nSPS) is 10.9. The molecule has 1 amide bonds. The third-order valence-electron chi connectivity index (χ3n) is 3.52. The van der Waals surface area contributed by atoms with Crippen LogP contribution < -0.4 is 5.32 Å². The Bertz CT molecular complexity index is 825. The van der Waals surface area contributed by atoms with E-state index in [1.807, 2.05) is 42.5 Å². The molecule has 118 valence electrons. The molecular formula is C18H17BrN2O2. The van der Waals surface area contributed by atoms with Gasteiger partial charge in [0.15, 0.2) is 5.58 Å². The summed E-state index contributed by atoms with van der Waals surface area (Å²) in [6, 6.07) is 13.3. The molecule has 0 spiro atoms. The van der Waals surface area contributed by atoms with E-state index in [0.717, 1.165) is 34.1 Å². The molecular weight excluding hydrogens is 356 g/mol. The van der Waals surface area contributed by atoms with Crippen LogP contribution in [-0.4, -0.2) is 10.9 Å². The standard InChI is InChI=1S/C18H17BrN2O2/c1-2-3-4-17(22)20-14-9-10-16-15(11-14)21-18(23-16)12-5-7-13(19)8-6-12/h5-11H,2-4H2,1H3,(H,20,22). The number of aromatic nitrogens is 1. The van der Waals surface area contributed by atoms with Gasteiger partial charge in [0, 0.05) is 22.1 Å². The van der Waals surface area contributed by atoms with Crippen LogP contribution in [0.1, 0.15) is 26.2 Å². The third-order valence-corrected chi connectivity index (χ3v) is 4.05. The molecule has 0 atom stereocenters. The maximum atomic E-state index is 11.8. The Morgan fingerprint density at radius 3 is 2.74 bits per heavy atom. The SMILES string of the molecule is CCCCC(=O)Nc1ccc2oc(-c3ccc(Br)cc3)nc2c1. The van der Waals surface area contributed by atoms with Crippen molar-refractivity contribution in [2.75, 3.05) is 5.32 Å². The third kappa shape index (κ3) is 3.79. The summed E-state index contributed by atoms with van der Waals surface area (Å²) in [6.45, 7) is 2.07. The molecule has 23 heavy (non-hydrogen) atoms. The van der Waals surface area contributed by atoms with Crippen LogP contribution >= 0.6 is 15.9 Å². The molecule has 0 aliphatic carbocycles. The molecule has 0 unspecified atom stereocenters. The molecule has 0 radical (unpaired) electrons. The molecule has 0 bridgehead atoms. The Morgan fingerprint density at radius 2 is 2.00 bits per heavy atom. The van der Waals surface area contributed by atoms with Crippen LogP contribution in [0.3, 0.4) is 0 Å². The van der Waals surface area contributed by atoms with E-state index in [4.69, 9.17) is 4.42 Å². The molecule has 0 saturated heterocycles. The highest BCUT2D eigenvalue weighted by atomic mass is 79.9. The fourth-order valence-corrected chi connectivity index (χ4v) is 2.55. The Morgan fingerprint density at radius 1 is 1.22 bits per heavy atom. The number of hydrogen-bond acceptors (Lipinski definition) is 3. The van der Waals surface area contributed by atoms with Crippen LogP contribution in [0, 0.1) is 0 Å². The number of carbonyl (C=O) groups is 1. The molecule has 0 aliphatic rings. The summed E-state index contributed by atoms with van der Waals surface area (Å²) >= 11 is 3.41. The summed E-state index contributed by atoms with van der Waals surface area (Å²) in [5.74, 6) is 0.602. The van der Waals surface area contributed by atoms with Gasteiger partial charge in [-0.25, -0.2) is 4.98 Å². The zero-order chi connectivity index (χ0) is 16.2. The lowest BCUT2D eigenvalue weighted by Crippen LogP contribution is -2.10. The second-order valence-corrected chi connectivity index (χ2v) is 6.28. The largest absolute Gasteiger partial charge is 0.436 e. The molecule has 3 aromatic rings. The first-order chi connectivity index (χ1) is 11.2. The zero-order valence-electron chi connectivity index (χ0n) is 12.8. The van der Waals surface area contributed by atoms with E-state index in [1.54, 1.807) is 0 Å². The number of anilines is 1. The van der Waals surface area contributed by atoms with Gasteiger partial charge in [0.2, 0.25) is 11.8 Å². The molecule has 0 saturated carbocycles. The first-order valence-electron chi connectivity index (χ1n) is 7.62. The number of amides is 1. The summed E-state index contributed by atoms with van der Waals surface area (Å²) < 4.78 is 6.79. The Labute approximate surface area is 143 Å². The number of carbonyl (C=O) groups excluding carboxylic acids is 1. The number of benzene rings is 2. The molecule has 0 fully saturated rings. The second kappa shape index (κ2) is 6.96. The van der Waals surface area contributed by atoms with Crippen molar-refractivity contribution in [2.24, 2.45) is 0 Å². The topological polar surface area (TPSA) is 55.1 Å². The fraction of sp³-hybridized carbons (Fsp3) is 0.222. The Hall–Kier alpha value is -2.14. The van der Waals surface area contributed by atoms with Gasteiger partial charge in [0.25, 0.3) is 0 Å². The predicted octanol–water partition coefficient (Wildman–Crippen LogP) is 5.39. The van der Waals surface area contributed by atoms with Gasteiger partial charge in [0.1, 0.15) is 5.52 Å². The van der Waals surface area contributed by atoms with Crippen LogP contribution in [0.5, 0.6) is 0 Å². The molecule has 5 heteroatoms. The number of hydrogen-bond donors (Lipinski definition) is 1. The quantitative estimate of drug-likeness (QED) is 0.653. The smallest absolute Gasteiger partial charge is 0.227 e. The van der Waals surface area contributed by atoms with E-state index in [2.05, 4.69) is 33.2 Å². The zero-order valence-corrected chi connectivity index (χ0v) is 14.4. The van der Waals surface area contributed by atoms with E-state index in [1.165, 1.54) is 0 Å². The summed E-state index contributed by atoms with van der Waals surface area (Å²) in [5, 5.41) is 2.90. The number of fused-ring (bicyclic) bond motifs is 1. The van der Waals surface area contributed by atoms with Crippen molar-refractivity contribution in [3.63, 3.8) is 0 Å². The number of nitrogens with one attached hydrogen (secondary N) is 1. The minimum absolute atomic E-state index is 0.0304. The molecule has 2 aromatic carbocycles. The van der Waals surface area contributed by atoms with Gasteiger partial charge in [-0.3, -0.25) is 4.79 Å². The van der Waals surface area contributed by atoms with Crippen LogP contribution in [-0.2, 0) is 4.79 Å². The van der Waals surface area contributed by atoms with Crippen LogP contribution in [0.2, 0.25) is 0 Å². The van der Waals surface area contributed by atoms with Gasteiger partial charge >= 0.3 is 0 Å². The molecule has 1 aromatic heterocycles. The van der Waals surface area contributed by atoms with Crippen molar-refractivity contribution in [2.45, 2.75) is 26.2 Å². The van der Waals surface area contributed by atoms with Gasteiger partial charge in [0.05, 0.1) is 0 Å². The van der Waals surface area contributed by atoms with Crippen LogP contribution in [0.4, 0.5) is 5.69 Å². The first-order valence-corrected chi connectivity index (χ1v) is 8.41. The molecule has 0 aliphatic heterocycles. The van der Waals surface area contributed by atoms with Gasteiger partial charge in [-0.2, -0.15) is 0 Å². The van der Waals surface area contributed by atoms with Gasteiger partial charge in [-0.1, -0.05) is 29.3 Å². The summed E-state index contributed by atoms with van der Waals surface area (Å²) in [6.07, 6.45) is 2.44. The van der Waals surface area contributed by atoms with Crippen LogP contribution in [0.25, 0.3) is 22.6 Å². The monoisotopic (exact) mass is 372 g/mol. The van der Waals surface area contributed by atoms with Crippen molar-refractivity contribution < 1.29 is 9.21 Å². The van der Waals surface area contributed by atoms with Gasteiger partial charge in [-0.15, -0.1) is 0 Å². The minimum Gasteiger partial charge on any atom is -0.436 e. The van der Waals surface area contributed by atoms with Gasteiger partial charge < -0.3 is 9.73 Å². The van der Waals surface area contributed by atoms with E-state index in [-0.39, 0.29) is 5.91 Å². The highest BCUT2D eigenvalue weighted by molar-refractivity contribution is 9.10. The van der Waals surface area contributed by atoms with Crippen LogP contribution in [0.15, 0.2) is 51.4 Å². The first kappa shape index (κ1) is 15.7. The van der Waals surface area contributed by atoms with Crippen molar-refractivity contribution >= 4 is 38.6 Å². The lowest BCUT2D eigenvalue weighted by atomic mass is 10.2. The number of nitrogens with zero attached hydrogens (tertiary/aromatic N) is 1. The van der Waals surface area contributed by atoms with Gasteiger partial charge in [-0.05, 0) is 48.9 Å². The van der Waals surface area contributed by atoms with Crippen molar-refractivity contribution in [3.05, 3.63) is 46.9 Å². The predicted molar refractivity (Wildman–Crippen MR) is 95.3 cm³/mol. The Kier molecular flexibility index (Phi) is 4.76. The molecule has 1 N–H and O–H groups in total. The molecule has 4 nitrogen and oxygen atoms in total. The molecule has 1 heterocycles. The van der Waals surface area contributed by atoms with Crippen molar-refractivity contribution in [3.8, 4) is 11.5 Å².